The van der Waals surface area contributed by atoms with Gasteiger partial charge in [0.25, 0.3) is 0 Å². The molecule has 0 aromatic heterocycles. The Balaban J connectivity index is 1.68. The van der Waals surface area contributed by atoms with E-state index in [-0.39, 0.29) is 11.8 Å². The molecule has 7 heteroatoms. The Morgan fingerprint density at radius 1 is 0.875 bits per heavy atom. The zero-order valence-corrected chi connectivity index (χ0v) is 17.8. The number of halogens is 3. The van der Waals surface area contributed by atoms with Gasteiger partial charge in [0.1, 0.15) is 5.75 Å². The summed E-state index contributed by atoms with van der Waals surface area (Å²) in [7, 11) is 0. The maximum absolute atomic E-state index is 12.6. The van der Waals surface area contributed by atoms with Crippen molar-refractivity contribution in [3.05, 3.63) is 95.6 Å². The van der Waals surface area contributed by atoms with Crippen LogP contribution in [0.15, 0.2) is 78.9 Å². The van der Waals surface area contributed by atoms with Crippen molar-refractivity contribution >= 4 is 11.7 Å². The van der Waals surface area contributed by atoms with Gasteiger partial charge in [-0.3, -0.25) is 0 Å². The monoisotopic (exact) mass is 442 g/mol. The second-order valence-corrected chi connectivity index (χ2v) is 7.73. The molecule has 0 aliphatic heterocycles. The molecule has 0 bridgehead atoms. The fourth-order valence-electron chi connectivity index (χ4n) is 3.28. The SMILES string of the molecule is CC(C)c1ccc(CC(NC(=O)Nc2ccc(OC(F)(F)F)cc2)c2ccccc2)cc1. The average Bonchev–Trinajstić information content (AvgIpc) is 2.74. The van der Waals surface area contributed by atoms with E-state index < -0.39 is 12.4 Å². The molecule has 0 saturated carbocycles. The van der Waals surface area contributed by atoms with Crippen molar-refractivity contribution in [3.63, 3.8) is 0 Å². The average molecular weight is 442 g/mol. The molecular formula is C25H25F3N2O2. The number of hydrogen-bond donors (Lipinski definition) is 2. The summed E-state index contributed by atoms with van der Waals surface area (Å²) in [6.45, 7) is 4.27. The molecule has 2 N–H and O–H groups in total. The van der Waals surface area contributed by atoms with Gasteiger partial charge in [0.05, 0.1) is 6.04 Å². The minimum atomic E-state index is -4.76. The van der Waals surface area contributed by atoms with Crippen LogP contribution in [0.1, 0.15) is 42.5 Å². The van der Waals surface area contributed by atoms with Crippen molar-refractivity contribution in [1.29, 1.82) is 0 Å². The topological polar surface area (TPSA) is 50.4 Å². The molecule has 0 radical (unpaired) electrons. The van der Waals surface area contributed by atoms with Crippen LogP contribution >= 0.6 is 0 Å². The lowest BCUT2D eigenvalue weighted by atomic mass is 9.96. The van der Waals surface area contributed by atoms with Crippen LogP contribution in [0, 0.1) is 0 Å². The third-order valence-electron chi connectivity index (χ3n) is 4.94. The first-order chi connectivity index (χ1) is 15.2. The van der Waals surface area contributed by atoms with Crippen molar-refractivity contribution in [2.75, 3.05) is 5.32 Å². The standard InChI is InChI=1S/C25H25F3N2O2/c1-17(2)19-10-8-18(9-11-19)16-23(20-6-4-3-5-7-20)30-24(31)29-21-12-14-22(15-13-21)32-25(26,27)28/h3-15,17,23H,16H2,1-2H3,(H2,29,30,31). The van der Waals surface area contributed by atoms with Crippen LogP contribution in [-0.2, 0) is 6.42 Å². The molecule has 4 nitrogen and oxygen atoms in total. The molecule has 0 saturated heterocycles. The van der Waals surface area contributed by atoms with E-state index in [0.29, 0.717) is 18.0 Å². The number of benzene rings is 3. The highest BCUT2D eigenvalue weighted by Crippen LogP contribution is 2.24. The minimum Gasteiger partial charge on any atom is -0.406 e. The fraction of sp³-hybridized carbons (Fsp3) is 0.240. The normalized spacial score (nSPS) is 12.3. The van der Waals surface area contributed by atoms with Crippen LogP contribution in [0.4, 0.5) is 23.7 Å². The summed E-state index contributed by atoms with van der Waals surface area (Å²) in [5.74, 6) is 0.0845. The van der Waals surface area contributed by atoms with E-state index in [1.165, 1.54) is 17.7 Å². The highest BCUT2D eigenvalue weighted by molar-refractivity contribution is 5.89. The Morgan fingerprint density at radius 2 is 1.50 bits per heavy atom. The van der Waals surface area contributed by atoms with Gasteiger partial charge in [-0.05, 0) is 53.3 Å². The lowest BCUT2D eigenvalue weighted by Gasteiger charge is -2.20. The molecule has 0 aliphatic carbocycles. The summed E-state index contributed by atoms with van der Waals surface area (Å²) < 4.78 is 40.7. The number of urea groups is 1. The van der Waals surface area contributed by atoms with Gasteiger partial charge in [-0.1, -0.05) is 68.4 Å². The quantitative estimate of drug-likeness (QED) is 0.422. The molecule has 32 heavy (non-hydrogen) atoms. The molecule has 0 fully saturated rings. The Kier molecular flexibility index (Phi) is 7.41. The maximum Gasteiger partial charge on any atom is 0.573 e. The predicted molar refractivity (Wildman–Crippen MR) is 119 cm³/mol. The Bertz CT molecular complexity index is 1000. The summed E-state index contributed by atoms with van der Waals surface area (Å²) >= 11 is 0. The predicted octanol–water partition coefficient (Wildman–Crippen LogP) is 6.81. The molecule has 3 rings (SSSR count). The zero-order chi connectivity index (χ0) is 23.1. The van der Waals surface area contributed by atoms with Gasteiger partial charge in [-0.25, -0.2) is 4.79 Å². The van der Waals surface area contributed by atoms with Gasteiger partial charge in [0.2, 0.25) is 0 Å². The van der Waals surface area contributed by atoms with Crippen molar-refractivity contribution in [1.82, 2.24) is 5.32 Å². The molecule has 3 aromatic rings. The van der Waals surface area contributed by atoms with E-state index in [2.05, 4.69) is 53.5 Å². The Morgan fingerprint density at radius 3 is 2.06 bits per heavy atom. The smallest absolute Gasteiger partial charge is 0.406 e. The molecule has 2 amide bonds. The lowest BCUT2D eigenvalue weighted by Crippen LogP contribution is -2.33. The highest BCUT2D eigenvalue weighted by Gasteiger charge is 2.31. The third kappa shape index (κ3) is 7.04. The van der Waals surface area contributed by atoms with E-state index >= 15 is 0 Å². The summed E-state index contributed by atoms with van der Waals surface area (Å²) in [5.41, 5.74) is 3.63. The van der Waals surface area contributed by atoms with Crippen molar-refractivity contribution in [2.24, 2.45) is 0 Å². The number of alkyl halides is 3. The lowest BCUT2D eigenvalue weighted by molar-refractivity contribution is -0.274. The van der Waals surface area contributed by atoms with Crippen LogP contribution in [0.25, 0.3) is 0 Å². The number of carbonyl (C=O) groups is 1. The first-order valence-corrected chi connectivity index (χ1v) is 10.3. The summed E-state index contributed by atoms with van der Waals surface area (Å²) in [4.78, 5) is 12.6. The largest absolute Gasteiger partial charge is 0.573 e. The van der Waals surface area contributed by atoms with Gasteiger partial charge in [0.15, 0.2) is 0 Å². The number of nitrogens with one attached hydrogen (secondary N) is 2. The molecule has 168 valence electrons. The number of hydrogen-bond acceptors (Lipinski definition) is 2. The van der Waals surface area contributed by atoms with E-state index in [1.54, 1.807) is 0 Å². The first kappa shape index (κ1) is 23.2. The third-order valence-corrected chi connectivity index (χ3v) is 4.94. The Hall–Kier alpha value is -3.48. The van der Waals surface area contributed by atoms with Gasteiger partial charge in [0, 0.05) is 5.69 Å². The minimum absolute atomic E-state index is 0.283. The second-order valence-electron chi connectivity index (χ2n) is 7.73. The van der Waals surface area contributed by atoms with Crippen LogP contribution in [0.3, 0.4) is 0 Å². The van der Waals surface area contributed by atoms with Gasteiger partial charge in [-0.2, -0.15) is 0 Å². The molecule has 0 aliphatic rings. The highest BCUT2D eigenvalue weighted by atomic mass is 19.4. The molecule has 0 heterocycles. The van der Waals surface area contributed by atoms with Gasteiger partial charge in [-0.15, -0.1) is 13.2 Å². The maximum atomic E-state index is 12.6. The van der Waals surface area contributed by atoms with Crippen molar-refractivity contribution < 1.29 is 22.7 Å². The molecular weight excluding hydrogens is 417 g/mol. The van der Waals surface area contributed by atoms with Gasteiger partial charge >= 0.3 is 12.4 Å². The van der Waals surface area contributed by atoms with Crippen molar-refractivity contribution in [3.8, 4) is 5.75 Å². The van der Waals surface area contributed by atoms with Crippen LogP contribution in [0.5, 0.6) is 5.75 Å². The number of ether oxygens (including phenoxy) is 1. The van der Waals surface area contributed by atoms with E-state index in [4.69, 9.17) is 0 Å². The van der Waals surface area contributed by atoms with E-state index in [9.17, 15) is 18.0 Å². The summed E-state index contributed by atoms with van der Waals surface area (Å²) in [5, 5.41) is 5.61. The number of amides is 2. The number of carbonyl (C=O) groups excluding carboxylic acids is 1. The zero-order valence-electron chi connectivity index (χ0n) is 17.8. The Labute approximate surface area is 185 Å². The molecule has 1 unspecified atom stereocenters. The van der Waals surface area contributed by atoms with E-state index in [0.717, 1.165) is 23.3 Å². The molecule has 3 aromatic carbocycles. The number of rotatable bonds is 7. The van der Waals surface area contributed by atoms with E-state index in [1.807, 2.05) is 30.3 Å². The van der Waals surface area contributed by atoms with Crippen molar-refractivity contribution in [2.45, 2.75) is 38.6 Å². The first-order valence-electron chi connectivity index (χ1n) is 10.3. The fourth-order valence-corrected chi connectivity index (χ4v) is 3.28. The second kappa shape index (κ2) is 10.2. The van der Waals surface area contributed by atoms with Crippen LogP contribution < -0.4 is 15.4 Å². The van der Waals surface area contributed by atoms with Crippen LogP contribution in [-0.4, -0.2) is 12.4 Å². The summed E-state index contributed by atoms with van der Waals surface area (Å²) in [6, 6.07) is 22.2. The van der Waals surface area contributed by atoms with Crippen LogP contribution in [0.2, 0.25) is 0 Å². The molecule has 0 spiro atoms. The number of anilines is 1. The van der Waals surface area contributed by atoms with Gasteiger partial charge < -0.3 is 15.4 Å². The summed E-state index contributed by atoms with van der Waals surface area (Å²) in [6.07, 6.45) is -4.17. The molecule has 1 atom stereocenters.